The first-order valence-electron chi connectivity index (χ1n) is 11.0. The zero-order valence-corrected chi connectivity index (χ0v) is 20.1. The lowest BCUT2D eigenvalue weighted by Gasteiger charge is -2.14. The molecule has 3 rings (SSSR count). The van der Waals surface area contributed by atoms with E-state index in [4.69, 9.17) is 22.2 Å². The summed E-state index contributed by atoms with van der Waals surface area (Å²) in [5.74, 6) is 7.11. The number of benzene rings is 1. The van der Waals surface area contributed by atoms with Crippen LogP contribution in [0.3, 0.4) is 0 Å². The van der Waals surface area contributed by atoms with Crippen LogP contribution in [0.1, 0.15) is 38.2 Å². The van der Waals surface area contributed by atoms with Crippen molar-refractivity contribution in [3.63, 3.8) is 0 Å². The van der Waals surface area contributed by atoms with Crippen molar-refractivity contribution in [1.82, 2.24) is 24.2 Å². The smallest absolute Gasteiger partial charge is 0.332 e. The summed E-state index contributed by atoms with van der Waals surface area (Å²) in [5, 5.41) is 5.64. The number of H-pyrrole nitrogens is 1. The molecular weight excluding hydrogens is 460 g/mol. The van der Waals surface area contributed by atoms with Crippen LogP contribution in [0.2, 0.25) is 5.28 Å². The predicted octanol–water partition coefficient (Wildman–Crippen LogP) is 2.37. The van der Waals surface area contributed by atoms with E-state index in [0.717, 1.165) is 24.2 Å². The number of nitrogens with zero attached hydrogens (tertiary/aromatic N) is 6. The van der Waals surface area contributed by atoms with Gasteiger partial charge in [-0.3, -0.25) is 13.9 Å². The van der Waals surface area contributed by atoms with Crippen molar-refractivity contribution < 1.29 is 4.74 Å². The number of aromatic amines is 1. The maximum atomic E-state index is 13.0. The Morgan fingerprint density at radius 3 is 2.56 bits per heavy atom. The van der Waals surface area contributed by atoms with Crippen LogP contribution in [0.5, 0.6) is 5.75 Å². The van der Waals surface area contributed by atoms with Crippen molar-refractivity contribution in [2.75, 3.05) is 13.7 Å². The van der Waals surface area contributed by atoms with Gasteiger partial charge in [-0.15, -0.1) is 5.10 Å². The summed E-state index contributed by atoms with van der Waals surface area (Å²) in [6, 6.07) is 7.22. The number of nitrogens with two attached hydrogens (primary N) is 1. The first kappa shape index (κ1) is 25.2. The molecule has 0 bridgehead atoms. The highest BCUT2D eigenvalue weighted by atomic mass is 35.5. The molecule has 2 heterocycles. The summed E-state index contributed by atoms with van der Waals surface area (Å²) in [7, 11) is 1.59. The van der Waals surface area contributed by atoms with Gasteiger partial charge in [0.1, 0.15) is 5.75 Å². The Labute approximate surface area is 201 Å². The molecule has 3 aromatic rings. The van der Waals surface area contributed by atoms with Gasteiger partial charge in [0.2, 0.25) is 5.28 Å². The van der Waals surface area contributed by atoms with Crippen molar-refractivity contribution in [3.8, 4) is 5.75 Å². The molecule has 3 N–H and O–H groups in total. The summed E-state index contributed by atoms with van der Waals surface area (Å²) < 4.78 is 7.86. The van der Waals surface area contributed by atoms with Crippen LogP contribution in [-0.2, 0) is 13.1 Å². The van der Waals surface area contributed by atoms with Gasteiger partial charge in [0.15, 0.2) is 17.0 Å². The Morgan fingerprint density at radius 2 is 1.91 bits per heavy atom. The van der Waals surface area contributed by atoms with Crippen LogP contribution >= 0.6 is 11.6 Å². The Balaban J connectivity index is 1.68. The minimum atomic E-state index is -0.438. The zero-order valence-electron chi connectivity index (χ0n) is 19.3. The molecule has 0 aliphatic carbocycles. The van der Waals surface area contributed by atoms with Crippen LogP contribution in [0, 0.1) is 0 Å². The van der Waals surface area contributed by atoms with Gasteiger partial charge < -0.3 is 9.72 Å². The molecule has 182 valence electrons. The number of imidazole rings is 1. The van der Waals surface area contributed by atoms with Crippen LogP contribution in [0.4, 0.5) is 0 Å². The molecule has 0 aliphatic heterocycles. The number of aromatic nitrogens is 4. The van der Waals surface area contributed by atoms with Crippen molar-refractivity contribution in [2.24, 2.45) is 15.9 Å². The van der Waals surface area contributed by atoms with E-state index in [9.17, 15) is 9.59 Å². The number of rotatable bonds is 11. The number of amidine groups is 1. The summed E-state index contributed by atoms with van der Waals surface area (Å²) in [6.45, 7) is 6.67. The Hall–Kier alpha value is -3.44. The number of fused-ring (bicyclic) bond motifs is 1. The number of hydrazone groups is 1. The van der Waals surface area contributed by atoms with Crippen molar-refractivity contribution in [3.05, 3.63) is 56.0 Å². The largest absolute Gasteiger partial charge is 0.497 e. The minimum absolute atomic E-state index is 0.0784. The standard InChI is InChI=1S/C22H29ClN8O3/c1-4-5-12-29-19-17(26-21(23)27-19)20(32)30(22(29)33)13-6-7-14-31(24)28-18(25-2)15-8-10-16(34-3)11-9-15/h8-11H,2,4-7,12-14,24H2,1,3H3,(H,26,27)/b28-18-. The van der Waals surface area contributed by atoms with Crippen molar-refractivity contribution in [2.45, 2.75) is 45.7 Å². The minimum Gasteiger partial charge on any atom is -0.497 e. The molecule has 34 heavy (non-hydrogen) atoms. The predicted molar refractivity (Wildman–Crippen MR) is 134 cm³/mol. The first-order chi connectivity index (χ1) is 16.4. The van der Waals surface area contributed by atoms with Crippen molar-refractivity contribution >= 4 is 35.3 Å². The van der Waals surface area contributed by atoms with E-state index in [1.807, 2.05) is 19.1 Å². The lowest BCUT2D eigenvalue weighted by molar-refractivity contribution is 0.288. The second kappa shape index (κ2) is 11.6. The fourth-order valence-corrected chi connectivity index (χ4v) is 3.66. The number of aryl methyl sites for hydroxylation is 1. The van der Waals surface area contributed by atoms with Crippen LogP contribution in [0.15, 0.2) is 43.9 Å². The average Bonchev–Trinajstić information content (AvgIpc) is 3.23. The normalized spacial score (nSPS) is 11.7. The third-order valence-corrected chi connectivity index (χ3v) is 5.49. The third-order valence-electron chi connectivity index (χ3n) is 5.31. The maximum Gasteiger partial charge on any atom is 0.332 e. The number of hydrogen-bond acceptors (Lipinski definition) is 7. The number of ether oxygens (including phenoxy) is 1. The highest BCUT2D eigenvalue weighted by Gasteiger charge is 2.16. The molecule has 0 unspecified atom stereocenters. The number of nitrogens with one attached hydrogen (secondary N) is 1. The van der Waals surface area contributed by atoms with Gasteiger partial charge in [-0.05, 0) is 61.8 Å². The molecule has 0 fully saturated rings. The molecule has 0 spiro atoms. The fourth-order valence-electron chi connectivity index (χ4n) is 3.49. The number of hydrogen-bond donors (Lipinski definition) is 2. The number of halogens is 1. The highest BCUT2D eigenvalue weighted by molar-refractivity contribution is 6.29. The third kappa shape index (κ3) is 5.72. The molecule has 2 aromatic heterocycles. The van der Waals surface area contributed by atoms with Gasteiger partial charge in [-0.2, -0.15) is 4.98 Å². The highest BCUT2D eigenvalue weighted by Crippen LogP contribution is 2.13. The monoisotopic (exact) mass is 488 g/mol. The van der Waals surface area contributed by atoms with Gasteiger partial charge in [0.05, 0.1) is 13.7 Å². The number of aliphatic imine (C=N–C) groups is 1. The van der Waals surface area contributed by atoms with Gasteiger partial charge in [-0.1, -0.05) is 13.3 Å². The molecular formula is C22H29ClN8O3. The molecule has 12 heteroatoms. The first-order valence-corrected chi connectivity index (χ1v) is 11.4. The Morgan fingerprint density at radius 1 is 1.21 bits per heavy atom. The van der Waals surface area contributed by atoms with Gasteiger partial charge in [0.25, 0.3) is 5.56 Å². The van der Waals surface area contributed by atoms with Crippen LogP contribution < -0.4 is 21.8 Å². The number of unbranched alkanes of at least 4 members (excludes halogenated alkanes) is 2. The molecule has 1 aromatic carbocycles. The Kier molecular flexibility index (Phi) is 8.61. The van der Waals surface area contributed by atoms with E-state index in [2.05, 4.69) is 26.8 Å². The molecule has 0 radical (unpaired) electrons. The summed E-state index contributed by atoms with van der Waals surface area (Å²) in [5.41, 5.74) is 0.431. The molecule has 0 aliphatic rings. The van der Waals surface area contributed by atoms with E-state index in [1.54, 1.807) is 19.2 Å². The lowest BCUT2D eigenvalue weighted by atomic mass is 10.2. The summed E-state index contributed by atoms with van der Waals surface area (Å²) in [4.78, 5) is 36.6. The molecule has 0 atom stereocenters. The zero-order chi connectivity index (χ0) is 24.7. The molecule has 0 saturated carbocycles. The van der Waals surface area contributed by atoms with Gasteiger partial charge in [-0.25, -0.2) is 20.7 Å². The topological polar surface area (TPSA) is 136 Å². The van der Waals surface area contributed by atoms with E-state index >= 15 is 0 Å². The van der Waals surface area contributed by atoms with E-state index < -0.39 is 11.2 Å². The van der Waals surface area contributed by atoms with Gasteiger partial charge in [0, 0.05) is 18.7 Å². The second-order valence-corrected chi connectivity index (χ2v) is 8.01. The summed E-state index contributed by atoms with van der Waals surface area (Å²) in [6.07, 6.45) is 2.82. The number of methoxy groups -OCH3 is 1. The van der Waals surface area contributed by atoms with Gasteiger partial charge >= 0.3 is 5.69 Å². The van der Waals surface area contributed by atoms with E-state index in [0.29, 0.717) is 31.8 Å². The lowest BCUT2D eigenvalue weighted by Crippen LogP contribution is -2.40. The molecule has 0 saturated heterocycles. The van der Waals surface area contributed by atoms with E-state index in [1.165, 1.54) is 14.3 Å². The van der Waals surface area contributed by atoms with E-state index in [-0.39, 0.29) is 23.0 Å². The number of hydrazine groups is 1. The average molecular weight is 489 g/mol. The quantitative estimate of drug-likeness (QED) is 0.106. The SMILES string of the molecule is C=N/C(=N\N(N)CCCCn1c(=O)c2[nH]c(Cl)nc2n(CCCC)c1=O)c1ccc(OC)cc1. The summed E-state index contributed by atoms with van der Waals surface area (Å²) >= 11 is 5.96. The molecule has 11 nitrogen and oxygen atoms in total. The second-order valence-electron chi connectivity index (χ2n) is 7.65. The maximum absolute atomic E-state index is 13.0. The Bertz CT molecular complexity index is 1280. The van der Waals surface area contributed by atoms with Crippen LogP contribution in [-0.4, -0.2) is 50.4 Å². The van der Waals surface area contributed by atoms with Crippen molar-refractivity contribution in [1.29, 1.82) is 0 Å². The van der Waals surface area contributed by atoms with Crippen LogP contribution in [0.25, 0.3) is 11.2 Å². The fraction of sp³-hybridized carbons (Fsp3) is 0.409. The molecule has 0 amide bonds.